The van der Waals surface area contributed by atoms with Crippen LogP contribution in [0.3, 0.4) is 0 Å². The molecule has 3 N–H and O–H groups in total. The maximum absolute atomic E-state index is 13.0. The third-order valence-electron chi connectivity index (χ3n) is 4.15. The van der Waals surface area contributed by atoms with Crippen molar-refractivity contribution in [1.29, 1.82) is 0 Å². The van der Waals surface area contributed by atoms with E-state index in [1.54, 1.807) is 18.2 Å². The highest BCUT2D eigenvalue weighted by molar-refractivity contribution is 6.31. The molecule has 3 rings (SSSR count). The summed E-state index contributed by atoms with van der Waals surface area (Å²) < 4.78 is 1.44. The molecule has 0 aliphatic carbocycles. The number of hydrogen-bond acceptors (Lipinski definition) is 3. The SMILES string of the molecule is CC(C)=c1[nH]n(-c2ccc(C)c(Cl)c2)c(=O)c1=Cc1ccc(O)c(O)c1. The van der Waals surface area contributed by atoms with Crippen molar-refractivity contribution in [3.8, 4) is 17.2 Å². The minimum atomic E-state index is -0.237. The number of H-pyrrole nitrogens is 1. The van der Waals surface area contributed by atoms with Gasteiger partial charge in [-0.15, -0.1) is 0 Å². The van der Waals surface area contributed by atoms with Crippen molar-refractivity contribution in [2.24, 2.45) is 0 Å². The number of phenolic OH excluding ortho intramolecular Hbond substituents is 2. The van der Waals surface area contributed by atoms with Crippen molar-refractivity contribution >= 4 is 23.3 Å². The van der Waals surface area contributed by atoms with Crippen molar-refractivity contribution in [3.05, 3.63) is 73.5 Å². The Morgan fingerprint density at radius 1 is 1.12 bits per heavy atom. The second-order valence-corrected chi connectivity index (χ2v) is 6.77. The number of aromatic amines is 1. The lowest BCUT2D eigenvalue weighted by molar-refractivity contribution is 0.403. The van der Waals surface area contributed by atoms with Gasteiger partial charge in [0.1, 0.15) is 0 Å². The molecule has 0 aliphatic heterocycles. The van der Waals surface area contributed by atoms with Crippen LogP contribution in [0.2, 0.25) is 5.02 Å². The van der Waals surface area contributed by atoms with Crippen LogP contribution in [-0.4, -0.2) is 20.0 Å². The number of benzene rings is 2. The summed E-state index contributed by atoms with van der Waals surface area (Å²) >= 11 is 6.19. The molecule has 0 unspecified atom stereocenters. The van der Waals surface area contributed by atoms with Gasteiger partial charge in [-0.3, -0.25) is 9.89 Å². The van der Waals surface area contributed by atoms with Gasteiger partial charge in [0.15, 0.2) is 11.5 Å². The molecular formula is C20H19ClN2O3. The van der Waals surface area contributed by atoms with Crippen LogP contribution in [0.15, 0.2) is 41.2 Å². The van der Waals surface area contributed by atoms with Gasteiger partial charge in [-0.2, -0.15) is 0 Å². The van der Waals surface area contributed by atoms with E-state index in [1.165, 1.54) is 16.8 Å². The van der Waals surface area contributed by atoms with Gasteiger partial charge in [-0.25, -0.2) is 4.68 Å². The summed E-state index contributed by atoms with van der Waals surface area (Å²) in [6.07, 6.45) is 1.67. The molecule has 0 spiro atoms. The van der Waals surface area contributed by atoms with Crippen molar-refractivity contribution in [3.63, 3.8) is 0 Å². The first-order chi connectivity index (χ1) is 12.3. The fourth-order valence-corrected chi connectivity index (χ4v) is 2.84. The molecule has 5 nitrogen and oxygen atoms in total. The molecule has 0 amide bonds. The van der Waals surface area contributed by atoms with Gasteiger partial charge in [0, 0.05) is 5.02 Å². The number of phenols is 2. The molecule has 2 aromatic carbocycles. The van der Waals surface area contributed by atoms with Crippen LogP contribution in [0.4, 0.5) is 0 Å². The molecular weight excluding hydrogens is 352 g/mol. The summed E-state index contributed by atoms with van der Waals surface area (Å²) in [7, 11) is 0. The number of aromatic nitrogens is 2. The molecule has 0 bridgehead atoms. The molecule has 0 radical (unpaired) electrons. The van der Waals surface area contributed by atoms with Crippen LogP contribution >= 0.6 is 11.6 Å². The van der Waals surface area contributed by atoms with E-state index >= 15 is 0 Å². The van der Waals surface area contributed by atoms with Crippen molar-refractivity contribution in [2.75, 3.05) is 0 Å². The highest BCUT2D eigenvalue weighted by atomic mass is 35.5. The summed E-state index contributed by atoms with van der Waals surface area (Å²) in [4.78, 5) is 13.0. The highest BCUT2D eigenvalue weighted by Crippen LogP contribution is 2.24. The fraction of sp³-hybridized carbons (Fsp3) is 0.150. The Bertz CT molecular complexity index is 1170. The Morgan fingerprint density at radius 2 is 1.85 bits per heavy atom. The zero-order valence-electron chi connectivity index (χ0n) is 14.7. The number of aryl methyl sites for hydroxylation is 1. The van der Waals surface area contributed by atoms with Crippen molar-refractivity contribution in [1.82, 2.24) is 9.78 Å². The van der Waals surface area contributed by atoms with Crippen LogP contribution in [0, 0.1) is 6.92 Å². The Morgan fingerprint density at radius 3 is 2.46 bits per heavy atom. The van der Waals surface area contributed by atoms with Crippen molar-refractivity contribution < 1.29 is 10.2 Å². The van der Waals surface area contributed by atoms with Gasteiger partial charge in [0.25, 0.3) is 5.56 Å². The van der Waals surface area contributed by atoms with Gasteiger partial charge < -0.3 is 10.2 Å². The zero-order chi connectivity index (χ0) is 19.0. The quantitative estimate of drug-likeness (QED) is 0.607. The smallest absolute Gasteiger partial charge is 0.279 e. The first-order valence-electron chi connectivity index (χ1n) is 8.06. The van der Waals surface area contributed by atoms with E-state index in [-0.39, 0.29) is 17.1 Å². The first-order valence-corrected chi connectivity index (χ1v) is 8.44. The van der Waals surface area contributed by atoms with Crippen LogP contribution in [0.25, 0.3) is 17.3 Å². The summed E-state index contributed by atoms with van der Waals surface area (Å²) in [6, 6.07) is 9.83. The van der Waals surface area contributed by atoms with Crippen molar-refractivity contribution in [2.45, 2.75) is 20.8 Å². The van der Waals surface area contributed by atoms with Crippen LogP contribution in [0.5, 0.6) is 11.5 Å². The van der Waals surface area contributed by atoms with Crippen LogP contribution in [0.1, 0.15) is 25.0 Å². The molecule has 3 aromatic rings. The van der Waals surface area contributed by atoms with E-state index in [0.29, 0.717) is 26.8 Å². The second kappa shape index (κ2) is 6.77. The molecule has 6 heteroatoms. The lowest BCUT2D eigenvalue weighted by atomic mass is 10.1. The number of rotatable bonds is 2. The lowest BCUT2D eigenvalue weighted by Gasteiger charge is -2.03. The summed E-state index contributed by atoms with van der Waals surface area (Å²) in [5.41, 5.74) is 2.89. The topological polar surface area (TPSA) is 78.2 Å². The molecule has 134 valence electrons. The molecule has 1 heterocycles. The summed E-state index contributed by atoms with van der Waals surface area (Å²) in [6.45, 7) is 5.71. The molecule has 26 heavy (non-hydrogen) atoms. The molecule has 0 saturated carbocycles. The minimum Gasteiger partial charge on any atom is -0.504 e. The van der Waals surface area contributed by atoms with E-state index in [2.05, 4.69) is 5.10 Å². The number of aromatic hydroxyl groups is 2. The Hall–Kier alpha value is -2.92. The monoisotopic (exact) mass is 370 g/mol. The van der Waals surface area contributed by atoms with Crippen LogP contribution in [-0.2, 0) is 0 Å². The third-order valence-corrected chi connectivity index (χ3v) is 4.56. The molecule has 0 atom stereocenters. The highest BCUT2D eigenvalue weighted by Gasteiger charge is 2.08. The number of nitrogens with one attached hydrogen (secondary N) is 1. The molecule has 0 fully saturated rings. The standard InChI is InChI=1S/C20H19ClN2O3/c1-11(2)19-15(8-13-5-7-17(24)18(25)9-13)20(26)23(22-19)14-6-4-12(3)16(21)10-14/h4-10,22,24-25H,1-3H3. The summed E-state index contributed by atoms with van der Waals surface area (Å²) in [5.74, 6) is -0.444. The van der Waals surface area contributed by atoms with Crippen LogP contribution < -0.4 is 16.1 Å². The van der Waals surface area contributed by atoms with Gasteiger partial charge in [-0.1, -0.05) is 29.3 Å². The third kappa shape index (κ3) is 3.26. The van der Waals surface area contributed by atoms with Gasteiger partial charge in [0.05, 0.1) is 16.3 Å². The van der Waals surface area contributed by atoms with Gasteiger partial charge >= 0.3 is 0 Å². The van der Waals surface area contributed by atoms with E-state index in [0.717, 1.165) is 11.1 Å². The second-order valence-electron chi connectivity index (χ2n) is 6.37. The fourth-order valence-electron chi connectivity index (χ4n) is 2.66. The molecule has 1 aromatic heterocycles. The summed E-state index contributed by atoms with van der Waals surface area (Å²) in [5, 5.41) is 24.0. The molecule has 0 saturated heterocycles. The van der Waals surface area contributed by atoms with E-state index in [9.17, 15) is 15.0 Å². The normalized spacial score (nSPS) is 11.8. The predicted octanol–water partition coefficient (Wildman–Crippen LogP) is 2.56. The lowest BCUT2D eigenvalue weighted by Crippen LogP contribution is -2.35. The first kappa shape index (κ1) is 17.9. The van der Waals surface area contributed by atoms with Gasteiger partial charge in [-0.05, 0) is 62.2 Å². The number of halogens is 1. The Balaban J connectivity index is 2.29. The Kier molecular flexibility index (Phi) is 4.66. The minimum absolute atomic E-state index is 0.207. The van der Waals surface area contributed by atoms with Gasteiger partial charge in [0.2, 0.25) is 0 Å². The Labute approximate surface area is 155 Å². The largest absolute Gasteiger partial charge is 0.504 e. The van der Waals surface area contributed by atoms with E-state index in [1.807, 2.05) is 32.9 Å². The van der Waals surface area contributed by atoms with E-state index < -0.39 is 0 Å². The number of hydrogen-bond donors (Lipinski definition) is 3. The van der Waals surface area contributed by atoms with E-state index in [4.69, 9.17) is 11.6 Å². The zero-order valence-corrected chi connectivity index (χ0v) is 15.4. The maximum Gasteiger partial charge on any atom is 0.279 e. The maximum atomic E-state index is 13.0. The average Bonchev–Trinajstić information content (AvgIpc) is 2.91. The number of nitrogens with zero attached hydrogens (tertiary/aromatic N) is 1. The average molecular weight is 371 g/mol. The molecule has 0 aliphatic rings. The predicted molar refractivity (Wildman–Crippen MR) is 103 cm³/mol.